The van der Waals surface area contributed by atoms with Gasteiger partial charge in [-0.15, -0.1) is 0 Å². The summed E-state index contributed by atoms with van der Waals surface area (Å²) in [6.45, 7) is 0.479. The first kappa shape index (κ1) is 22.1. The number of imidazole rings is 1. The van der Waals surface area contributed by atoms with Crippen molar-refractivity contribution in [3.05, 3.63) is 95.8 Å². The first-order valence-corrected chi connectivity index (χ1v) is 11.2. The van der Waals surface area contributed by atoms with Crippen LogP contribution in [0.4, 0.5) is 5.95 Å². The summed E-state index contributed by atoms with van der Waals surface area (Å²) < 4.78 is 5.17. The van der Waals surface area contributed by atoms with Crippen molar-refractivity contribution in [3.63, 3.8) is 0 Å². The number of hydrogen-bond acceptors (Lipinski definition) is 5. The maximum atomic E-state index is 12.9. The van der Waals surface area contributed by atoms with E-state index in [0.717, 1.165) is 22.1 Å². The lowest BCUT2D eigenvalue weighted by Crippen LogP contribution is -2.25. The molecule has 3 aromatic carbocycles. The molecule has 0 aliphatic carbocycles. The number of nitrogens with one attached hydrogen (secondary N) is 3. The van der Waals surface area contributed by atoms with Crippen molar-refractivity contribution < 1.29 is 14.3 Å². The molecule has 0 spiro atoms. The largest absolute Gasteiger partial charge is 0.497 e. The zero-order valence-corrected chi connectivity index (χ0v) is 19.0. The van der Waals surface area contributed by atoms with Crippen molar-refractivity contribution in [3.8, 4) is 5.75 Å². The Bertz CT molecular complexity index is 1530. The summed E-state index contributed by atoms with van der Waals surface area (Å²) >= 11 is 0. The van der Waals surface area contributed by atoms with Gasteiger partial charge in [-0.05, 0) is 47.7 Å². The Morgan fingerprint density at radius 3 is 2.54 bits per heavy atom. The Hall–Kier alpha value is -4.72. The van der Waals surface area contributed by atoms with Crippen molar-refractivity contribution in [1.29, 1.82) is 0 Å². The quantitative estimate of drug-likeness (QED) is 0.331. The molecule has 0 saturated carbocycles. The average Bonchev–Trinajstić information content (AvgIpc) is 3.31. The van der Waals surface area contributed by atoms with Crippen LogP contribution >= 0.6 is 0 Å². The minimum Gasteiger partial charge on any atom is -0.497 e. The summed E-state index contributed by atoms with van der Waals surface area (Å²) in [5, 5.41) is 7.56. The topological polar surface area (TPSA) is 109 Å². The summed E-state index contributed by atoms with van der Waals surface area (Å²) in [4.78, 5) is 37.3. The van der Waals surface area contributed by atoms with Gasteiger partial charge >= 0.3 is 0 Å². The van der Waals surface area contributed by atoms with Crippen LogP contribution < -0.4 is 15.4 Å². The summed E-state index contributed by atoms with van der Waals surface area (Å²) in [7, 11) is 1.63. The Balaban J connectivity index is 1.28. The van der Waals surface area contributed by atoms with Crippen LogP contribution in [0.3, 0.4) is 0 Å². The van der Waals surface area contributed by atoms with Crippen LogP contribution in [0.15, 0.2) is 79.0 Å². The molecule has 0 unspecified atom stereocenters. The van der Waals surface area contributed by atoms with Gasteiger partial charge in [-0.1, -0.05) is 42.5 Å². The number of rotatable bonds is 7. The molecule has 2 amide bonds. The molecule has 0 atom stereocenters. The highest BCUT2D eigenvalue weighted by Gasteiger charge is 2.16. The number of ether oxygens (including phenoxy) is 1. The van der Waals surface area contributed by atoms with Gasteiger partial charge in [-0.2, -0.15) is 0 Å². The number of pyridine rings is 1. The minimum atomic E-state index is -0.389. The van der Waals surface area contributed by atoms with E-state index in [0.29, 0.717) is 29.6 Å². The number of H-pyrrole nitrogens is 1. The number of aromatic amines is 1. The fraction of sp³-hybridized carbons (Fsp3) is 0.111. The highest BCUT2D eigenvalue weighted by Crippen LogP contribution is 2.20. The van der Waals surface area contributed by atoms with E-state index in [9.17, 15) is 9.59 Å². The van der Waals surface area contributed by atoms with E-state index >= 15 is 0 Å². The minimum absolute atomic E-state index is 0.221. The second-order valence-corrected chi connectivity index (χ2v) is 8.01. The maximum Gasteiger partial charge on any atom is 0.276 e. The number of fused-ring (bicyclic) bond motifs is 2. The number of aromatic nitrogens is 3. The number of benzene rings is 3. The number of carbonyl (C=O) groups excluding carboxylic acids is 2. The van der Waals surface area contributed by atoms with Crippen LogP contribution in [0.25, 0.3) is 21.8 Å². The van der Waals surface area contributed by atoms with Gasteiger partial charge < -0.3 is 15.0 Å². The summed E-state index contributed by atoms with van der Waals surface area (Å²) in [5.74, 6) is 0.434. The zero-order valence-electron chi connectivity index (χ0n) is 19.0. The van der Waals surface area contributed by atoms with Gasteiger partial charge in [0.1, 0.15) is 11.4 Å². The number of amides is 2. The molecule has 0 aliphatic rings. The third-order valence-corrected chi connectivity index (χ3v) is 5.72. The van der Waals surface area contributed by atoms with Crippen LogP contribution in [0, 0.1) is 0 Å². The first-order valence-electron chi connectivity index (χ1n) is 11.2. The Labute approximate surface area is 201 Å². The fourth-order valence-corrected chi connectivity index (χ4v) is 3.87. The molecule has 2 heterocycles. The molecule has 8 heteroatoms. The van der Waals surface area contributed by atoms with Gasteiger partial charge in [0, 0.05) is 18.1 Å². The van der Waals surface area contributed by atoms with Crippen LogP contribution in [-0.4, -0.2) is 40.4 Å². The second kappa shape index (κ2) is 9.64. The molecule has 8 nitrogen and oxygen atoms in total. The number of para-hydroxylation sites is 1. The Kier molecular flexibility index (Phi) is 6.09. The van der Waals surface area contributed by atoms with E-state index in [-0.39, 0.29) is 23.5 Å². The number of carbonyl (C=O) groups is 2. The monoisotopic (exact) mass is 465 g/mol. The van der Waals surface area contributed by atoms with Crippen molar-refractivity contribution in [1.82, 2.24) is 20.3 Å². The van der Waals surface area contributed by atoms with Crippen molar-refractivity contribution in [2.45, 2.75) is 6.42 Å². The molecule has 174 valence electrons. The third-order valence-electron chi connectivity index (χ3n) is 5.72. The normalized spacial score (nSPS) is 10.9. The molecular formula is C27H23N5O3. The number of hydrogen-bond donors (Lipinski definition) is 3. The van der Waals surface area contributed by atoms with Gasteiger partial charge in [0.15, 0.2) is 0 Å². The van der Waals surface area contributed by atoms with Crippen LogP contribution in [-0.2, 0) is 6.42 Å². The highest BCUT2D eigenvalue weighted by atomic mass is 16.5. The van der Waals surface area contributed by atoms with E-state index in [1.54, 1.807) is 37.6 Å². The van der Waals surface area contributed by atoms with Crippen LogP contribution in [0.5, 0.6) is 5.75 Å². The molecule has 5 rings (SSSR count). The molecule has 0 radical (unpaired) electrons. The van der Waals surface area contributed by atoms with E-state index < -0.39 is 0 Å². The molecule has 2 aromatic heterocycles. The van der Waals surface area contributed by atoms with Crippen molar-refractivity contribution in [2.75, 3.05) is 19.0 Å². The maximum absolute atomic E-state index is 12.9. The number of methoxy groups -OCH3 is 1. The van der Waals surface area contributed by atoms with E-state index in [2.05, 4.69) is 25.6 Å². The lowest BCUT2D eigenvalue weighted by Gasteiger charge is -2.07. The third kappa shape index (κ3) is 4.81. The standard InChI is InChI=1S/C27H23N5O3/c1-35-20-11-9-17(10-12-20)13-14-28-25(33)21-7-4-8-22-24(21)31-27(30-22)32-26(34)23-15-18-5-2-3-6-19(18)16-29-23/h2-12,15-16H,13-14H2,1H3,(H,28,33)(H2,30,31,32,34). The lowest BCUT2D eigenvalue weighted by atomic mass is 10.1. The van der Waals surface area contributed by atoms with Crippen molar-refractivity contribution in [2.24, 2.45) is 0 Å². The molecule has 0 aliphatic heterocycles. The second-order valence-electron chi connectivity index (χ2n) is 8.01. The van der Waals surface area contributed by atoms with Crippen molar-refractivity contribution >= 4 is 39.6 Å². The fourth-order valence-electron chi connectivity index (χ4n) is 3.87. The molecular weight excluding hydrogens is 442 g/mol. The van der Waals surface area contributed by atoms with Crippen LogP contribution in [0.2, 0.25) is 0 Å². The number of nitrogens with zero attached hydrogens (tertiary/aromatic N) is 2. The highest BCUT2D eigenvalue weighted by molar-refractivity contribution is 6.07. The average molecular weight is 466 g/mol. The summed E-state index contributed by atoms with van der Waals surface area (Å²) in [6, 6.07) is 22.4. The Morgan fingerprint density at radius 2 is 1.74 bits per heavy atom. The summed E-state index contributed by atoms with van der Waals surface area (Å²) in [5.41, 5.74) is 2.96. The van der Waals surface area contributed by atoms with E-state index in [4.69, 9.17) is 4.74 Å². The molecule has 35 heavy (non-hydrogen) atoms. The van der Waals surface area contributed by atoms with Gasteiger partial charge in [0.05, 0.1) is 23.7 Å². The van der Waals surface area contributed by atoms with Gasteiger partial charge in [0.25, 0.3) is 11.8 Å². The molecule has 0 saturated heterocycles. The first-order chi connectivity index (χ1) is 17.1. The predicted molar refractivity (Wildman–Crippen MR) is 135 cm³/mol. The molecule has 5 aromatic rings. The SMILES string of the molecule is COc1ccc(CCNC(=O)c2cccc3nc(NC(=O)c4cc5ccccc5cn4)[nH]c23)cc1. The lowest BCUT2D eigenvalue weighted by molar-refractivity contribution is 0.0954. The molecule has 0 fully saturated rings. The molecule has 0 bridgehead atoms. The van der Waals surface area contributed by atoms with Gasteiger partial charge in [0.2, 0.25) is 5.95 Å². The van der Waals surface area contributed by atoms with E-state index in [1.165, 1.54) is 0 Å². The predicted octanol–water partition coefficient (Wildman–Crippen LogP) is 4.34. The van der Waals surface area contributed by atoms with Crippen LogP contribution in [0.1, 0.15) is 26.4 Å². The van der Waals surface area contributed by atoms with Gasteiger partial charge in [-0.25, -0.2) is 4.98 Å². The van der Waals surface area contributed by atoms with Gasteiger partial charge in [-0.3, -0.25) is 19.9 Å². The van der Waals surface area contributed by atoms with E-state index in [1.807, 2.05) is 48.5 Å². The summed E-state index contributed by atoms with van der Waals surface area (Å²) in [6.07, 6.45) is 2.35. The Morgan fingerprint density at radius 1 is 0.943 bits per heavy atom. The molecule has 3 N–H and O–H groups in total. The smallest absolute Gasteiger partial charge is 0.276 e. The number of anilines is 1. The zero-order chi connectivity index (χ0) is 24.2.